The fourth-order valence-electron chi connectivity index (χ4n) is 2.76. The highest BCUT2D eigenvalue weighted by molar-refractivity contribution is 7.98. The molecule has 142 valence electrons. The molecule has 0 aliphatic heterocycles. The second kappa shape index (κ2) is 7.64. The molecule has 0 amide bonds. The molecule has 0 saturated carbocycles. The van der Waals surface area contributed by atoms with Gasteiger partial charge >= 0.3 is 0 Å². The summed E-state index contributed by atoms with van der Waals surface area (Å²) < 4.78 is 11.2. The summed E-state index contributed by atoms with van der Waals surface area (Å²) in [4.78, 5) is 0. The van der Waals surface area contributed by atoms with E-state index in [-0.39, 0.29) is 5.41 Å². The van der Waals surface area contributed by atoms with Crippen molar-refractivity contribution in [3.05, 3.63) is 72.0 Å². The van der Waals surface area contributed by atoms with Gasteiger partial charge in [0, 0.05) is 17.2 Å². The minimum Gasteiger partial charge on any atom is -0.411 e. The number of aromatic nitrogens is 3. The van der Waals surface area contributed by atoms with Gasteiger partial charge in [-0.3, -0.25) is 0 Å². The molecular formula is C22H21N3O2S. The van der Waals surface area contributed by atoms with E-state index in [4.69, 9.17) is 8.94 Å². The monoisotopic (exact) mass is 391 g/mol. The lowest BCUT2D eigenvalue weighted by molar-refractivity contribution is 0.396. The Hall–Kier alpha value is -2.86. The topological polar surface area (TPSA) is 65.0 Å². The third kappa shape index (κ3) is 4.17. The first-order chi connectivity index (χ1) is 13.5. The average Bonchev–Trinajstić information content (AvgIpc) is 3.36. The molecule has 0 radical (unpaired) electrons. The van der Waals surface area contributed by atoms with Gasteiger partial charge < -0.3 is 8.94 Å². The molecule has 2 heterocycles. The van der Waals surface area contributed by atoms with Crippen molar-refractivity contribution in [3.63, 3.8) is 0 Å². The van der Waals surface area contributed by atoms with Crippen LogP contribution in [0.3, 0.4) is 0 Å². The lowest BCUT2D eigenvalue weighted by atomic mass is 9.87. The molecule has 0 fully saturated rings. The minimum atomic E-state index is 0.115. The highest BCUT2D eigenvalue weighted by Gasteiger charge is 2.15. The van der Waals surface area contributed by atoms with Crippen LogP contribution in [-0.4, -0.2) is 15.4 Å². The van der Waals surface area contributed by atoms with E-state index in [1.807, 2.05) is 48.5 Å². The van der Waals surface area contributed by atoms with Crippen molar-refractivity contribution in [3.8, 4) is 22.7 Å². The molecule has 2 aromatic heterocycles. The van der Waals surface area contributed by atoms with Crippen LogP contribution >= 0.6 is 11.8 Å². The summed E-state index contributed by atoms with van der Waals surface area (Å²) in [5.74, 6) is 1.85. The number of hydrogen-bond acceptors (Lipinski definition) is 6. The summed E-state index contributed by atoms with van der Waals surface area (Å²) in [6.07, 6.45) is 0. The molecule has 0 unspecified atom stereocenters. The van der Waals surface area contributed by atoms with Crippen molar-refractivity contribution in [2.24, 2.45) is 0 Å². The second-order valence-electron chi connectivity index (χ2n) is 7.53. The van der Waals surface area contributed by atoms with E-state index in [0.29, 0.717) is 16.9 Å². The van der Waals surface area contributed by atoms with Crippen LogP contribution in [0.4, 0.5) is 0 Å². The SMILES string of the molecule is CC(C)(C)c1ccc(-c2nnc(SCc3cc(-c4ccccc4)no3)o2)cc1. The van der Waals surface area contributed by atoms with Crippen LogP contribution < -0.4 is 0 Å². The van der Waals surface area contributed by atoms with Gasteiger partial charge in [0.15, 0.2) is 0 Å². The van der Waals surface area contributed by atoms with Crippen LogP contribution in [0, 0.1) is 0 Å². The minimum absolute atomic E-state index is 0.115. The first-order valence-electron chi connectivity index (χ1n) is 9.07. The molecule has 4 aromatic rings. The summed E-state index contributed by atoms with van der Waals surface area (Å²) in [7, 11) is 0. The largest absolute Gasteiger partial charge is 0.411 e. The zero-order valence-electron chi connectivity index (χ0n) is 16.0. The van der Waals surface area contributed by atoms with Crippen LogP contribution in [-0.2, 0) is 11.2 Å². The smallest absolute Gasteiger partial charge is 0.277 e. The molecule has 5 nitrogen and oxygen atoms in total. The molecule has 0 aliphatic rings. The van der Waals surface area contributed by atoms with Crippen molar-refractivity contribution in [2.75, 3.05) is 0 Å². The van der Waals surface area contributed by atoms with Gasteiger partial charge in [-0.1, -0.05) is 80.2 Å². The number of nitrogens with zero attached hydrogens (tertiary/aromatic N) is 3. The predicted molar refractivity (Wildman–Crippen MR) is 110 cm³/mol. The lowest BCUT2D eigenvalue weighted by Gasteiger charge is -2.18. The summed E-state index contributed by atoms with van der Waals surface area (Å²) in [6.45, 7) is 6.57. The molecule has 0 aliphatic carbocycles. The fraction of sp³-hybridized carbons (Fsp3) is 0.227. The van der Waals surface area contributed by atoms with Crippen molar-refractivity contribution in [1.82, 2.24) is 15.4 Å². The van der Waals surface area contributed by atoms with Crippen LogP contribution in [0.2, 0.25) is 0 Å². The normalized spacial score (nSPS) is 11.7. The van der Waals surface area contributed by atoms with Gasteiger partial charge in [-0.25, -0.2) is 0 Å². The Kier molecular flexibility index (Phi) is 5.05. The van der Waals surface area contributed by atoms with Gasteiger partial charge in [0.25, 0.3) is 5.22 Å². The van der Waals surface area contributed by atoms with Gasteiger partial charge in [0.1, 0.15) is 11.5 Å². The van der Waals surface area contributed by atoms with E-state index < -0.39 is 0 Å². The first-order valence-corrected chi connectivity index (χ1v) is 10.1. The Labute approximate surface area is 168 Å². The zero-order chi connectivity index (χ0) is 19.6. The molecule has 4 rings (SSSR count). The van der Waals surface area contributed by atoms with Gasteiger partial charge in [0.2, 0.25) is 5.89 Å². The van der Waals surface area contributed by atoms with E-state index >= 15 is 0 Å². The standard InChI is InChI=1S/C22H21N3O2S/c1-22(2,3)17-11-9-16(10-12-17)20-23-24-21(26-20)28-14-18-13-19(25-27-18)15-7-5-4-6-8-15/h4-13H,14H2,1-3H3. The van der Waals surface area contributed by atoms with E-state index in [2.05, 4.69) is 48.3 Å². The number of hydrogen-bond donors (Lipinski definition) is 0. The molecule has 0 bridgehead atoms. The van der Waals surface area contributed by atoms with Crippen LogP contribution in [0.1, 0.15) is 32.1 Å². The molecule has 6 heteroatoms. The molecule has 0 atom stereocenters. The van der Waals surface area contributed by atoms with Gasteiger partial charge in [-0.05, 0) is 23.1 Å². The Morgan fingerprint density at radius 1 is 0.893 bits per heavy atom. The van der Waals surface area contributed by atoms with Crippen LogP contribution in [0.25, 0.3) is 22.7 Å². The molecular weight excluding hydrogens is 370 g/mol. The summed E-state index contributed by atoms with van der Waals surface area (Å²) >= 11 is 1.43. The zero-order valence-corrected chi connectivity index (χ0v) is 16.9. The number of rotatable bonds is 5. The van der Waals surface area contributed by atoms with Crippen LogP contribution in [0.15, 0.2) is 74.8 Å². The van der Waals surface area contributed by atoms with Crippen LogP contribution in [0.5, 0.6) is 0 Å². The van der Waals surface area contributed by atoms with E-state index in [1.54, 1.807) is 0 Å². The summed E-state index contributed by atoms with van der Waals surface area (Å²) in [5.41, 5.74) is 4.15. The average molecular weight is 391 g/mol. The molecule has 0 saturated heterocycles. The molecule has 0 spiro atoms. The Balaban J connectivity index is 1.41. The molecule has 28 heavy (non-hydrogen) atoms. The Morgan fingerprint density at radius 2 is 1.64 bits per heavy atom. The van der Waals surface area contributed by atoms with E-state index in [1.165, 1.54) is 17.3 Å². The van der Waals surface area contributed by atoms with E-state index in [0.717, 1.165) is 22.6 Å². The predicted octanol–water partition coefficient (Wildman–Crippen LogP) is 5.98. The Morgan fingerprint density at radius 3 is 2.36 bits per heavy atom. The maximum Gasteiger partial charge on any atom is 0.277 e. The maximum atomic E-state index is 5.79. The first kappa shape index (κ1) is 18.5. The highest BCUT2D eigenvalue weighted by atomic mass is 32.2. The lowest BCUT2D eigenvalue weighted by Crippen LogP contribution is -2.10. The van der Waals surface area contributed by atoms with Crippen molar-refractivity contribution >= 4 is 11.8 Å². The maximum absolute atomic E-state index is 5.79. The molecule has 0 N–H and O–H groups in total. The quantitative estimate of drug-likeness (QED) is 0.390. The van der Waals surface area contributed by atoms with Crippen molar-refractivity contribution < 1.29 is 8.94 Å². The highest BCUT2D eigenvalue weighted by Crippen LogP contribution is 2.29. The van der Waals surface area contributed by atoms with Gasteiger partial charge in [-0.15, -0.1) is 10.2 Å². The summed E-state index contributed by atoms with van der Waals surface area (Å²) in [5, 5.41) is 12.9. The van der Waals surface area contributed by atoms with Crippen molar-refractivity contribution in [2.45, 2.75) is 37.2 Å². The number of benzene rings is 2. The van der Waals surface area contributed by atoms with Crippen molar-refractivity contribution in [1.29, 1.82) is 0 Å². The third-order valence-electron chi connectivity index (χ3n) is 4.37. The molecule has 2 aromatic carbocycles. The fourth-order valence-corrected chi connectivity index (χ4v) is 3.39. The number of thioether (sulfide) groups is 1. The van der Waals surface area contributed by atoms with Gasteiger partial charge in [-0.2, -0.15) is 0 Å². The third-order valence-corrected chi connectivity index (χ3v) is 5.21. The second-order valence-corrected chi connectivity index (χ2v) is 8.46. The summed E-state index contributed by atoms with van der Waals surface area (Å²) in [6, 6.07) is 20.1. The Bertz CT molecular complexity index is 1050. The van der Waals surface area contributed by atoms with Gasteiger partial charge in [0.05, 0.1) is 5.75 Å². The van der Waals surface area contributed by atoms with E-state index in [9.17, 15) is 0 Å².